The average molecular weight is 252 g/mol. The molecule has 0 bridgehead atoms. The molecule has 106 valence electrons. The van der Waals surface area contributed by atoms with Crippen LogP contribution in [0.3, 0.4) is 0 Å². The number of nitrogens with zero attached hydrogens (tertiary/aromatic N) is 1. The van der Waals surface area contributed by atoms with Crippen LogP contribution in [0, 0.1) is 11.3 Å². The first kappa shape index (κ1) is 14.3. The Kier molecular flexibility index (Phi) is 4.71. The van der Waals surface area contributed by atoms with Gasteiger partial charge < -0.3 is 10.2 Å². The number of likely N-dealkylation sites (tertiary alicyclic amines) is 1. The summed E-state index contributed by atoms with van der Waals surface area (Å²) in [6.45, 7) is 13.4. The van der Waals surface area contributed by atoms with Gasteiger partial charge in [-0.05, 0) is 56.5 Å². The van der Waals surface area contributed by atoms with Crippen molar-refractivity contribution in [1.29, 1.82) is 0 Å². The summed E-state index contributed by atoms with van der Waals surface area (Å²) in [5.41, 5.74) is 0.579. The van der Waals surface area contributed by atoms with Crippen molar-refractivity contribution < 1.29 is 0 Å². The molecular formula is C16H32N2. The second kappa shape index (κ2) is 5.92. The summed E-state index contributed by atoms with van der Waals surface area (Å²) in [5, 5.41) is 3.92. The Hall–Kier alpha value is -0.0800. The zero-order valence-electron chi connectivity index (χ0n) is 12.8. The number of hydrogen-bond acceptors (Lipinski definition) is 2. The van der Waals surface area contributed by atoms with Crippen molar-refractivity contribution in [3.8, 4) is 0 Å². The van der Waals surface area contributed by atoms with Crippen LogP contribution in [-0.4, -0.2) is 36.6 Å². The quantitative estimate of drug-likeness (QED) is 0.826. The van der Waals surface area contributed by atoms with Crippen LogP contribution in [0.5, 0.6) is 0 Å². The van der Waals surface area contributed by atoms with E-state index in [-0.39, 0.29) is 0 Å². The molecule has 2 rings (SSSR count). The van der Waals surface area contributed by atoms with Gasteiger partial charge in [-0.25, -0.2) is 0 Å². The minimum atomic E-state index is 0.579. The van der Waals surface area contributed by atoms with Crippen LogP contribution in [0.25, 0.3) is 0 Å². The van der Waals surface area contributed by atoms with Crippen molar-refractivity contribution in [2.24, 2.45) is 11.3 Å². The molecule has 0 aromatic rings. The van der Waals surface area contributed by atoms with Gasteiger partial charge in [0, 0.05) is 18.6 Å². The number of piperidine rings is 1. The molecule has 18 heavy (non-hydrogen) atoms. The van der Waals surface area contributed by atoms with Gasteiger partial charge in [-0.1, -0.05) is 27.7 Å². The van der Waals surface area contributed by atoms with Gasteiger partial charge in [0.15, 0.2) is 0 Å². The summed E-state index contributed by atoms with van der Waals surface area (Å²) in [5.74, 6) is 0.810. The van der Waals surface area contributed by atoms with Crippen LogP contribution < -0.4 is 5.32 Å². The molecule has 0 aromatic heterocycles. The highest BCUT2D eigenvalue weighted by Gasteiger charge is 2.32. The van der Waals surface area contributed by atoms with Crippen molar-refractivity contribution in [2.45, 2.75) is 71.9 Å². The third-order valence-corrected chi connectivity index (χ3v) is 4.65. The molecule has 0 aromatic carbocycles. The lowest BCUT2D eigenvalue weighted by Gasteiger charge is -2.35. The Morgan fingerprint density at radius 2 is 1.78 bits per heavy atom. The smallest absolute Gasteiger partial charge is 0.00940 e. The normalized spacial score (nSPS) is 30.2. The van der Waals surface area contributed by atoms with Gasteiger partial charge in [0.05, 0.1) is 0 Å². The SMILES string of the molecule is CC(C)CN1CCC(NC2CCC(C)(C)C2)CC1. The molecule has 2 heteroatoms. The highest BCUT2D eigenvalue weighted by atomic mass is 15.1. The van der Waals surface area contributed by atoms with E-state index in [4.69, 9.17) is 0 Å². The van der Waals surface area contributed by atoms with Crippen LogP contribution in [0.4, 0.5) is 0 Å². The third kappa shape index (κ3) is 4.24. The Morgan fingerprint density at radius 1 is 1.11 bits per heavy atom. The van der Waals surface area contributed by atoms with Crippen LogP contribution in [0.1, 0.15) is 59.8 Å². The van der Waals surface area contributed by atoms with Crippen molar-refractivity contribution >= 4 is 0 Å². The molecule has 2 aliphatic rings. The molecule has 0 spiro atoms. The standard InChI is InChI=1S/C16H32N2/c1-13(2)12-18-9-6-14(7-10-18)17-15-5-8-16(3,4)11-15/h13-15,17H,5-12H2,1-4H3. The summed E-state index contributed by atoms with van der Waals surface area (Å²) < 4.78 is 0. The lowest BCUT2D eigenvalue weighted by molar-refractivity contribution is 0.173. The lowest BCUT2D eigenvalue weighted by atomic mass is 9.91. The number of hydrogen-bond donors (Lipinski definition) is 1. The maximum Gasteiger partial charge on any atom is 0.00940 e. The van der Waals surface area contributed by atoms with Gasteiger partial charge in [0.2, 0.25) is 0 Å². The van der Waals surface area contributed by atoms with Crippen LogP contribution >= 0.6 is 0 Å². The van der Waals surface area contributed by atoms with E-state index in [1.807, 2.05) is 0 Å². The lowest BCUT2D eigenvalue weighted by Crippen LogP contribution is -2.46. The maximum absolute atomic E-state index is 3.92. The van der Waals surface area contributed by atoms with Gasteiger partial charge in [0.25, 0.3) is 0 Å². The number of rotatable bonds is 4. The van der Waals surface area contributed by atoms with E-state index in [0.717, 1.165) is 18.0 Å². The van der Waals surface area contributed by atoms with E-state index in [2.05, 4.69) is 37.9 Å². The van der Waals surface area contributed by atoms with E-state index in [0.29, 0.717) is 5.41 Å². The maximum atomic E-state index is 3.92. The highest BCUT2D eigenvalue weighted by Crippen LogP contribution is 2.37. The van der Waals surface area contributed by atoms with Crippen molar-refractivity contribution in [1.82, 2.24) is 10.2 Å². The molecule has 1 atom stereocenters. The summed E-state index contributed by atoms with van der Waals surface area (Å²) in [7, 11) is 0. The number of nitrogens with one attached hydrogen (secondary N) is 1. The highest BCUT2D eigenvalue weighted by molar-refractivity contribution is 4.89. The summed E-state index contributed by atoms with van der Waals surface area (Å²) >= 11 is 0. The minimum Gasteiger partial charge on any atom is -0.311 e. The fourth-order valence-electron chi connectivity index (χ4n) is 3.71. The first-order valence-electron chi connectivity index (χ1n) is 7.93. The molecule has 1 unspecified atom stereocenters. The van der Waals surface area contributed by atoms with Gasteiger partial charge in [-0.15, -0.1) is 0 Å². The Labute approximate surface area is 114 Å². The Bertz CT molecular complexity index is 252. The first-order valence-corrected chi connectivity index (χ1v) is 7.93. The van der Waals surface area contributed by atoms with Crippen molar-refractivity contribution in [3.63, 3.8) is 0 Å². The van der Waals surface area contributed by atoms with Gasteiger partial charge in [-0.3, -0.25) is 0 Å². The van der Waals surface area contributed by atoms with Gasteiger partial charge in [0.1, 0.15) is 0 Å². The Balaban J connectivity index is 1.68. The fraction of sp³-hybridized carbons (Fsp3) is 1.00. The van der Waals surface area contributed by atoms with E-state index >= 15 is 0 Å². The zero-order valence-corrected chi connectivity index (χ0v) is 12.8. The second-order valence-corrected chi connectivity index (χ2v) is 7.74. The molecule has 2 nitrogen and oxygen atoms in total. The molecule has 0 amide bonds. The van der Waals surface area contributed by atoms with Crippen LogP contribution in [0.2, 0.25) is 0 Å². The summed E-state index contributed by atoms with van der Waals surface area (Å²) in [4.78, 5) is 2.64. The van der Waals surface area contributed by atoms with Gasteiger partial charge in [-0.2, -0.15) is 0 Å². The summed E-state index contributed by atoms with van der Waals surface area (Å²) in [6, 6.07) is 1.58. The molecule has 0 radical (unpaired) electrons. The largest absolute Gasteiger partial charge is 0.311 e. The topological polar surface area (TPSA) is 15.3 Å². The minimum absolute atomic E-state index is 0.579. The van der Waals surface area contributed by atoms with Gasteiger partial charge >= 0.3 is 0 Å². The van der Waals surface area contributed by atoms with E-state index < -0.39 is 0 Å². The first-order chi connectivity index (χ1) is 8.44. The molecule has 2 fully saturated rings. The molecular weight excluding hydrogens is 220 g/mol. The fourth-order valence-corrected chi connectivity index (χ4v) is 3.71. The zero-order chi connectivity index (χ0) is 13.2. The van der Waals surface area contributed by atoms with Crippen molar-refractivity contribution in [2.75, 3.05) is 19.6 Å². The Morgan fingerprint density at radius 3 is 2.28 bits per heavy atom. The second-order valence-electron chi connectivity index (χ2n) is 7.74. The average Bonchev–Trinajstić information content (AvgIpc) is 2.60. The van der Waals surface area contributed by atoms with E-state index in [9.17, 15) is 0 Å². The van der Waals surface area contributed by atoms with E-state index in [1.54, 1.807) is 0 Å². The molecule has 1 aliphatic carbocycles. The predicted molar refractivity (Wildman–Crippen MR) is 78.9 cm³/mol. The third-order valence-electron chi connectivity index (χ3n) is 4.65. The van der Waals surface area contributed by atoms with Crippen LogP contribution in [0.15, 0.2) is 0 Å². The molecule has 1 N–H and O–H groups in total. The molecule has 1 heterocycles. The molecule has 1 aliphatic heterocycles. The van der Waals surface area contributed by atoms with Crippen LogP contribution in [-0.2, 0) is 0 Å². The predicted octanol–water partition coefficient (Wildman–Crippen LogP) is 3.28. The molecule has 1 saturated carbocycles. The molecule has 1 saturated heterocycles. The monoisotopic (exact) mass is 252 g/mol. The van der Waals surface area contributed by atoms with Crippen molar-refractivity contribution in [3.05, 3.63) is 0 Å². The summed E-state index contributed by atoms with van der Waals surface area (Å²) in [6.07, 6.45) is 6.86. The van der Waals surface area contributed by atoms with E-state index in [1.165, 1.54) is 51.7 Å².